The number of halogens is 1. The maximum absolute atomic E-state index is 13.3. The van der Waals surface area contributed by atoms with E-state index >= 15 is 0 Å². The van der Waals surface area contributed by atoms with Crippen molar-refractivity contribution in [3.8, 4) is 0 Å². The van der Waals surface area contributed by atoms with Crippen LogP contribution in [0.5, 0.6) is 0 Å². The van der Waals surface area contributed by atoms with Crippen molar-refractivity contribution in [2.45, 2.75) is 6.04 Å². The molecule has 5 nitrogen and oxygen atoms in total. The molecule has 0 saturated heterocycles. The van der Waals surface area contributed by atoms with E-state index in [4.69, 9.17) is 4.74 Å². The Balaban J connectivity index is 1.38. The molecule has 0 bridgehead atoms. The molecular weight excluding hydrogens is 427 g/mol. The first-order chi connectivity index (χ1) is 15.6. The van der Waals surface area contributed by atoms with Crippen LogP contribution in [0, 0.1) is 5.82 Å². The molecule has 7 heteroatoms. The van der Waals surface area contributed by atoms with Crippen molar-refractivity contribution < 1.29 is 18.7 Å². The number of thiophene rings is 1. The fourth-order valence-corrected chi connectivity index (χ4v) is 4.04. The summed E-state index contributed by atoms with van der Waals surface area (Å²) in [5.74, 6) is -1.45. The van der Waals surface area contributed by atoms with Gasteiger partial charge in [0.15, 0.2) is 6.61 Å². The summed E-state index contributed by atoms with van der Waals surface area (Å²) >= 11 is 1.47. The van der Waals surface area contributed by atoms with Crippen LogP contribution >= 0.6 is 11.3 Å². The summed E-state index contributed by atoms with van der Waals surface area (Å²) in [6.07, 6.45) is 4.57. The van der Waals surface area contributed by atoms with Gasteiger partial charge in [0, 0.05) is 28.1 Å². The zero-order valence-electron chi connectivity index (χ0n) is 16.9. The summed E-state index contributed by atoms with van der Waals surface area (Å²) in [4.78, 5) is 29.8. The van der Waals surface area contributed by atoms with Crippen molar-refractivity contribution in [2.24, 2.45) is 0 Å². The van der Waals surface area contributed by atoms with Gasteiger partial charge >= 0.3 is 5.97 Å². The second-order valence-corrected chi connectivity index (χ2v) is 7.91. The molecule has 0 radical (unpaired) electrons. The molecule has 0 spiro atoms. The number of benzene rings is 2. The first-order valence-electron chi connectivity index (χ1n) is 9.87. The Labute approximate surface area is 188 Å². The lowest BCUT2D eigenvalue weighted by Crippen LogP contribution is -2.32. The maximum atomic E-state index is 13.3. The van der Waals surface area contributed by atoms with E-state index in [0.717, 1.165) is 26.9 Å². The highest BCUT2D eigenvalue weighted by atomic mass is 32.1. The van der Waals surface area contributed by atoms with Gasteiger partial charge in [-0.3, -0.25) is 9.78 Å². The van der Waals surface area contributed by atoms with Crippen LogP contribution in [0.25, 0.3) is 17.0 Å². The Morgan fingerprint density at radius 3 is 2.66 bits per heavy atom. The topological polar surface area (TPSA) is 68.3 Å². The number of hydrogen-bond donors (Lipinski definition) is 1. The number of nitrogens with zero attached hydrogens (tertiary/aromatic N) is 1. The number of pyridine rings is 1. The van der Waals surface area contributed by atoms with Crippen molar-refractivity contribution in [1.29, 1.82) is 0 Å². The van der Waals surface area contributed by atoms with Gasteiger partial charge in [-0.2, -0.15) is 0 Å². The number of para-hydroxylation sites is 1. The molecule has 4 rings (SSSR count). The van der Waals surface area contributed by atoms with Crippen LogP contribution < -0.4 is 5.32 Å². The van der Waals surface area contributed by atoms with Crippen molar-refractivity contribution in [1.82, 2.24) is 10.3 Å². The summed E-state index contributed by atoms with van der Waals surface area (Å²) in [5, 5.41) is 5.70. The van der Waals surface area contributed by atoms with Gasteiger partial charge in [0.1, 0.15) is 5.82 Å². The maximum Gasteiger partial charge on any atom is 0.331 e. The van der Waals surface area contributed by atoms with Crippen LogP contribution in [0.4, 0.5) is 4.39 Å². The van der Waals surface area contributed by atoms with Crippen LogP contribution in [0.3, 0.4) is 0 Å². The number of hydrogen-bond acceptors (Lipinski definition) is 5. The molecule has 1 atom stereocenters. The molecule has 1 amide bonds. The minimum absolute atomic E-state index is 0.355. The number of esters is 1. The molecule has 0 aliphatic rings. The second kappa shape index (κ2) is 9.98. The molecule has 0 aliphatic heterocycles. The number of fused-ring (bicyclic) bond motifs is 1. The lowest BCUT2D eigenvalue weighted by atomic mass is 10.1. The highest BCUT2D eigenvalue weighted by Crippen LogP contribution is 2.26. The normalized spacial score (nSPS) is 12.0. The lowest BCUT2D eigenvalue weighted by Gasteiger charge is -2.18. The molecule has 32 heavy (non-hydrogen) atoms. The number of carbonyl (C=O) groups is 2. The third kappa shape index (κ3) is 5.25. The molecule has 0 aliphatic carbocycles. The average molecular weight is 447 g/mol. The molecule has 4 aromatic rings. The van der Waals surface area contributed by atoms with Gasteiger partial charge in [0.25, 0.3) is 5.91 Å². The third-order valence-corrected chi connectivity index (χ3v) is 5.68. The van der Waals surface area contributed by atoms with Crippen LogP contribution in [-0.2, 0) is 14.3 Å². The minimum Gasteiger partial charge on any atom is -0.452 e. The van der Waals surface area contributed by atoms with E-state index in [1.165, 1.54) is 29.5 Å². The number of aromatic nitrogens is 1. The van der Waals surface area contributed by atoms with E-state index in [9.17, 15) is 14.0 Å². The first-order valence-corrected chi connectivity index (χ1v) is 10.7. The van der Waals surface area contributed by atoms with Crippen molar-refractivity contribution >= 4 is 40.2 Å². The van der Waals surface area contributed by atoms with Crippen molar-refractivity contribution in [3.63, 3.8) is 0 Å². The zero-order valence-corrected chi connectivity index (χ0v) is 17.7. The summed E-state index contributed by atoms with van der Waals surface area (Å²) in [5.41, 5.74) is 2.28. The summed E-state index contributed by atoms with van der Waals surface area (Å²) in [6.45, 7) is -0.431. The summed E-state index contributed by atoms with van der Waals surface area (Å²) in [6, 6.07) is 18.7. The van der Waals surface area contributed by atoms with Crippen LogP contribution in [0.1, 0.15) is 22.0 Å². The fraction of sp³-hybridized carbons (Fsp3) is 0.0800. The smallest absolute Gasteiger partial charge is 0.331 e. The fourth-order valence-electron chi connectivity index (χ4n) is 3.24. The number of ether oxygens (including phenoxy) is 1. The van der Waals surface area contributed by atoms with Gasteiger partial charge in [-0.15, -0.1) is 11.3 Å². The Kier molecular flexibility index (Phi) is 6.67. The molecule has 2 aromatic heterocycles. The lowest BCUT2D eigenvalue weighted by molar-refractivity contribution is -0.143. The predicted octanol–water partition coefficient (Wildman–Crippen LogP) is 4.90. The van der Waals surface area contributed by atoms with E-state index in [0.29, 0.717) is 0 Å². The quantitative estimate of drug-likeness (QED) is 0.324. The number of carbonyl (C=O) groups excluding carboxylic acids is 2. The van der Waals surface area contributed by atoms with Crippen molar-refractivity contribution in [3.05, 3.63) is 106 Å². The molecule has 0 fully saturated rings. The molecular formula is C25H19FN2O3S. The Morgan fingerprint density at radius 2 is 1.88 bits per heavy atom. The van der Waals surface area contributed by atoms with Crippen LogP contribution in [0.2, 0.25) is 0 Å². The zero-order chi connectivity index (χ0) is 22.3. The number of rotatable bonds is 7. The van der Waals surface area contributed by atoms with Gasteiger partial charge in [-0.1, -0.05) is 42.5 Å². The minimum atomic E-state index is -0.637. The van der Waals surface area contributed by atoms with Gasteiger partial charge in [-0.05, 0) is 41.3 Å². The Bertz CT molecular complexity index is 1250. The van der Waals surface area contributed by atoms with E-state index in [2.05, 4.69) is 10.3 Å². The largest absolute Gasteiger partial charge is 0.452 e. The average Bonchev–Trinajstić information content (AvgIpc) is 3.35. The number of amides is 1. The molecule has 2 heterocycles. The molecule has 0 unspecified atom stereocenters. The van der Waals surface area contributed by atoms with Gasteiger partial charge < -0.3 is 10.1 Å². The monoisotopic (exact) mass is 446 g/mol. The van der Waals surface area contributed by atoms with E-state index in [-0.39, 0.29) is 5.82 Å². The molecule has 1 N–H and O–H groups in total. The second-order valence-electron chi connectivity index (χ2n) is 6.93. The Morgan fingerprint density at radius 1 is 1.06 bits per heavy atom. The molecule has 0 saturated carbocycles. The van der Waals surface area contributed by atoms with E-state index in [1.807, 2.05) is 47.8 Å². The first kappa shape index (κ1) is 21.4. The third-order valence-electron chi connectivity index (χ3n) is 4.74. The van der Waals surface area contributed by atoms with Gasteiger partial charge in [0.05, 0.1) is 11.6 Å². The van der Waals surface area contributed by atoms with Crippen LogP contribution in [-0.4, -0.2) is 23.5 Å². The standard InChI is InChI=1S/C25H19FN2O3S/c26-20-11-8-19(9-12-20)25(21-7-3-15-32-21)28-22(29)16-31-23(30)13-10-18-5-1-4-17-6-2-14-27-24(17)18/h1-15,25H,16H2,(H,28,29)/b13-10+/t25-/m1/s1. The SMILES string of the molecule is O=C(COC(=O)/C=C/c1cccc2cccnc12)N[C@H](c1ccc(F)cc1)c1cccs1. The summed E-state index contributed by atoms with van der Waals surface area (Å²) in [7, 11) is 0. The van der Waals surface area contributed by atoms with Gasteiger partial charge in [0.2, 0.25) is 0 Å². The Hall–Kier alpha value is -3.84. The molecule has 2 aromatic carbocycles. The number of nitrogens with one attached hydrogen (secondary N) is 1. The van der Waals surface area contributed by atoms with Gasteiger partial charge in [-0.25, -0.2) is 9.18 Å². The highest BCUT2D eigenvalue weighted by molar-refractivity contribution is 7.10. The predicted molar refractivity (Wildman–Crippen MR) is 122 cm³/mol. The van der Waals surface area contributed by atoms with Crippen molar-refractivity contribution in [2.75, 3.05) is 6.61 Å². The van der Waals surface area contributed by atoms with Crippen LogP contribution in [0.15, 0.2) is 84.4 Å². The van der Waals surface area contributed by atoms with E-state index < -0.39 is 24.5 Å². The highest BCUT2D eigenvalue weighted by Gasteiger charge is 2.18. The summed E-state index contributed by atoms with van der Waals surface area (Å²) < 4.78 is 18.4. The molecule has 160 valence electrons. The van der Waals surface area contributed by atoms with E-state index in [1.54, 1.807) is 24.4 Å².